The molecule has 0 spiro atoms. The first-order chi connectivity index (χ1) is 11.7. The third kappa shape index (κ3) is 3.89. The molecule has 2 aliphatic rings. The summed E-state index contributed by atoms with van der Waals surface area (Å²) in [5.41, 5.74) is 1.73. The molecule has 1 heterocycles. The highest BCUT2D eigenvalue weighted by molar-refractivity contribution is 5.89. The predicted molar refractivity (Wildman–Crippen MR) is 94.9 cm³/mol. The quantitative estimate of drug-likeness (QED) is 0.891. The topological polar surface area (TPSA) is 61.4 Å². The van der Waals surface area contributed by atoms with Gasteiger partial charge >= 0.3 is 6.03 Å². The Labute approximate surface area is 143 Å². The average Bonchev–Trinajstić information content (AvgIpc) is 3.27. The van der Waals surface area contributed by atoms with E-state index in [1.165, 1.54) is 25.7 Å². The van der Waals surface area contributed by atoms with Gasteiger partial charge in [0, 0.05) is 25.3 Å². The van der Waals surface area contributed by atoms with Crippen molar-refractivity contribution in [1.82, 2.24) is 10.2 Å². The number of benzene rings is 1. The van der Waals surface area contributed by atoms with Crippen molar-refractivity contribution < 1.29 is 9.59 Å². The van der Waals surface area contributed by atoms with E-state index in [0.29, 0.717) is 18.4 Å². The number of urea groups is 1. The molecule has 2 N–H and O–H groups in total. The minimum absolute atomic E-state index is 0.0109. The Balaban J connectivity index is 1.58. The minimum Gasteiger partial charge on any atom is -0.359 e. The fraction of sp³-hybridized carbons (Fsp3) is 0.579. The zero-order chi connectivity index (χ0) is 16.9. The molecule has 3 rings (SSSR count). The lowest BCUT2D eigenvalue weighted by molar-refractivity contribution is -0.119. The van der Waals surface area contributed by atoms with Crippen molar-refractivity contribution >= 4 is 17.6 Å². The van der Waals surface area contributed by atoms with Crippen LogP contribution in [-0.2, 0) is 11.2 Å². The lowest BCUT2D eigenvalue weighted by atomic mass is 9.96. The van der Waals surface area contributed by atoms with Crippen LogP contribution in [0.15, 0.2) is 24.3 Å². The molecule has 1 aromatic carbocycles. The first-order valence-corrected chi connectivity index (χ1v) is 9.04. The lowest BCUT2D eigenvalue weighted by Gasteiger charge is -2.29. The largest absolute Gasteiger partial charge is 0.359 e. The molecule has 0 radical (unpaired) electrons. The normalized spacial score (nSPS) is 21.0. The van der Waals surface area contributed by atoms with Gasteiger partial charge in [0.15, 0.2) is 0 Å². The Morgan fingerprint density at radius 2 is 1.79 bits per heavy atom. The van der Waals surface area contributed by atoms with Crippen molar-refractivity contribution in [3.63, 3.8) is 0 Å². The van der Waals surface area contributed by atoms with Crippen molar-refractivity contribution in [3.8, 4) is 0 Å². The Kier molecular flexibility index (Phi) is 5.38. The van der Waals surface area contributed by atoms with Crippen LogP contribution >= 0.6 is 0 Å². The van der Waals surface area contributed by atoms with Gasteiger partial charge in [-0.25, -0.2) is 4.79 Å². The number of likely N-dealkylation sites (tertiary alicyclic amines) is 1. The number of nitrogens with zero attached hydrogens (tertiary/aromatic N) is 1. The summed E-state index contributed by atoms with van der Waals surface area (Å²) in [6.07, 6.45) is 7.77. The van der Waals surface area contributed by atoms with Crippen molar-refractivity contribution in [3.05, 3.63) is 29.8 Å². The highest BCUT2D eigenvalue weighted by atomic mass is 16.2. The maximum absolute atomic E-state index is 12.6. The number of likely N-dealkylation sites (N-methyl/N-ethyl adjacent to an activating group) is 1. The standard InChI is InChI=1S/C19H27N3O2/c1-20-18(23)13-14-8-10-16(11-9-14)21-19(24)22-12-4-7-17(22)15-5-2-3-6-15/h8-11,15,17H,2-7,12-13H2,1H3,(H,20,23)(H,21,24). The van der Waals surface area contributed by atoms with Gasteiger partial charge < -0.3 is 15.5 Å². The maximum Gasteiger partial charge on any atom is 0.322 e. The Hall–Kier alpha value is -2.04. The third-order valence-electron chi connectivity index (χ3n) is 5.35. The predicted octanol–water partition coefficient (Wildman–Crippen LogP) is 3.16. The Bertz CT molecular complexity index is 579. The molecule has 24 heavy (non-hydrogen) atoms. The van der Waals surface area contributed by atoms with Crippen molar-refractivity contribution in [2.75, 3.05) is 18.9 Å². The monoisotopic (exact) mass is 329 g/mol. The highest BCUT2D eigenvalue weighted by Crippen LogP contribution is 2.35. The molecule has 1 saturated heterocycles. The van der Waals surface area contributed by atoms with Crippen molar-refractivity contribution in [1.29, 1.82) is 0 Å². The zero-order valence-electron chi connectivity index (χ0n) is 14.4. The molecule has 5 nitrogen and oxygen atoms in total. The minimum atomic E-state index is -0.0109. The number of hydrogen-bond donors (Lipinski definition) is 2. The van der Waals surface area contributed by atoms with E-state index in [1.54, 1.807) is 7.05 Å². The van der Waals surface area contributed by atoms with Gasteiger partial charge in [0.25, 0.3) is 0 Å². The van der Waals surface area contributed by atoms with Crippen LogP contribution in [0.3, 0.4) is 0 Å². The molecule has 1 saturated carbocycles. The summed E-state index contributed by atoms with van der Waals surface area (Å²) in [6.45, 7) is 0.863. The van der Waals surface area contributed by atoms with Crippen molar-refractivity contribution in [2.45, 2.75) is 51.0 Å². The SMILES string of the molecule is CNC(=O)Cc1ccc(NC(=O)N2CCCC2C2CCCC2)cc1. The summed E-state index contributed by atoms with van der Waals surface area (Å²) in [5, 5.41) is 5.63. The number of carbonyl (C=O) groups is 2. The molecule has 1 unspecified atom stereocenters. The molecule has 1 aliphatic heterocycles. The third-order valence-corrected chi connectivity index (χ3v) is 5.35. The smallest absolute Gasteiger partial charge is 0.322 e. The van der Waals surface area contributed by atoms with Crippen LogP contribution in [-0.4, -0.2) is 36.5 Å². The van der Waals surface area contributed by atoms with E-state index >= 15 is 0 Å². The molecule has 130 valence electrons. The van der Waals surface area contributed by atoms with Gasteiger partial charge in [0.2, 0.25) is 5.91 Å². The number of hydrogen-bond acceptors (Lipinski definition) is 2. The van der Waals surface area contributed by atoms with E-state index in [0.717, 1.165) is 30.6 Å². The number of carbonyl (C=O) groups excluding carboxylic acids is 2. The molecule has 1 aromatic rings. The Morgan fingerprint density at radius 3 is 2.46 bits per heavy atom. The van der Waals surface area contributed by atoms with Crippen LogP contribution in [0.25, 0.3) is 0 Å². The summed E-state index contributed by atoms with van der Waals surface area (Å²) >= 11 is 0. The molecule has 3 amide bonds. The summed E-state index contributed by atoms with van der Waals surface area (Å²) in [6, 6.07) is 7.96. The van der Waals surface area contributed by atoms with E-state index < -0.39 is 0 Å². The summed E-state index contributed by atoms with van der Waals surface area (Å²) in [7, 11) is 1.63. The van der Waals surface area contributed by atoms with E-state index in [-0.39, 0.29) is 11.9 Å². The molecule has 2 fully saturated rings. The second kappa shape index (κ2) is 7.69. The van der Waals surface area contributed by atoms with Crippen LogP contribution < -0.4 is 10.6 Å². The molecule has 5 heteroatoms. The fourth-order valence-corrected chi connectivity index (χ4v) is 4.05. The van der Waals surface area contributed by atoms with Gasteiger partial charge in [-0.15, -0.1) is 0 Å². The van der Waals surface area contributed by atoms with Crippen LogP contribution in [0.1, 0.15) is 44.1 Å². The van der Waals surface area contributed by atoms with Gasteiger partial charge in [-0.2, -0.15) is 0 Å². The van der Waals surface area contributed by atoms with Gasteiger partial charge in [-0.3, -0.25) is 4.79 Å². The fourth-order valence-electron chi connectivity index (χ4n) is 4.05. The second-order valence-corrected chi connectivity index (χ2v) is 6.92. The average molecular weight is 329 g/mol. The second-order valence-electron chi connectivity index (χ2n) is 6.92. The van der Waals surface area contributed by atoms with Gasteiger partial charge in [0.1, 0.15) is 0 Å². The number of nitrogens with one attached hydrogen (secondary N) is 2. The van der Waals surface area contributed by atoms with Gasteiger partial charge in [-0.05, 0) is 49.3 Å². The first-order valence-electron chi connectivity index (χ1n) is 9.04. The van der Waals surface area contributed by atoms with Crippen molar-refractivity contribution in [2.24, 2.45) is 5.92 Å². The molecule has 1 atom stereocenters. The molecular formula is C19H27N3O2. The van der Waals surface area contributed by atoms with Crippen LogP contribution in [0.2, 0.25) is 0 Å². The number of amides is 3. The number of anilines is 1. The summed E-state index contributed by atoms with van der Waals surface area (Å²) in [4.78, 5) is 26.1. The molecule has 0 bridgehead atoms. The molecule has 1 aliphatic carbocycles. The number of rotatable bonds is 4. The van der Waals surface area contributed by atoms with Crippen LogP contribution in [0.4, 0.5) is 10.5 Å². The van der Waals surface area contributed by atoms with Crippen LogP contribution in [0, 0.1) is 5.92 Å². The van der Waals surface area contributed by atoms with E-state index in [4.69, 9.17) is 0 Å². The van der Waals surface area contributed by atoms with Gasteiger partial charge in [0.05, 0.1) is 6.42 Å². The highest BCUT2D eigenvalue weighted by Gasteiger charge is 2.35. The zero-order valence-corrected chi connectivity index (χ0v) is 14.4. The van der Waals surface area contributed by atoms with E-state index in [2.05, 4.69) is 10.6 Å². The molecule has 0 aromatic heterocycles. The molecular weight excluding hydrogens is 302 g/mol. The van der Waals surface area contributed by atoms with Gasteiger partial charge in [-0.1, -0.05) is 25.0 Å². The maximum atomic E-state index is 12.6. The summed E-state index contributed by atoms with van der Waals surface area (Å²) in [5.74, 6) is 0.677. The van der Waals surface area contributed by atoms with Crippen LogP contribution in [0.5, 0.6) is 0 Å². The van der Waals surface area contributed by atoms with E-state index in [1.807, 2.05) is 29.2 Å². The Morgan fingerprint density at radius 1 is 1.08 bits per heavy atom. The summed E-state index contributed by atoms with van der Waals surface area (Å²) < 4.78 is 0. The first kappa shape index (κ1) is 16.8. The lowest BCUT2D eigenvalue weighted by Crippen LogP contribution is -2.41. The van der Waals surface area contributed by atoms with E-state index in [9.17, 15) is 9.59 Å².